The van der Waals surface area contributed by atoms with Crippen molar-refractivity contribution in [2.45, 2.75) is 36.9 Å². The van der Waals surface area contributed by atoms with Crippen molar-refractivity contribution in [3.63, 3.8) is 0 Å². The number of benzene rings is 3. The molecular weight excluding hydrogens is 351 g/mol. The first kappa shape index (κ1) is 17.8. The van der Waals surface area contributed by atoms with Crippen molar-refractivity contribution >= 4 is 27.2 Å². The highest BCUT2D eigenvalue weighted by molar-refractivity contribution is 7.80. The van der Waals surface area contributed by atoms with E-state index in [1.54, 1.807) is 0 Å². The van der Waals surface area contributed by atoms with Crippen LogP contribution in [0.5, 0.6) is 0 Å². The molecule has 4 rings (SSSR count). The summed E-state index contributed by atoms with van der Waals surface area (Å²) >= 11 is 4.62. The van der Waals surface area contributed by atoms with E-state index in [2.05, 4.69) is 94.7 Å². The minimum Gasteiger partial charge on any atom is -0.176 e. The first-order chi connectivity index (χ1) is 12.7. The molecule has 2 heteroatoms. The van der Waals surface area contributed by atoms with Crippen molar-refractivity contribution in [3.05, 3.63) is 78.4 Å². The van der Waals surface area contributed by atoms with E-state index in [-0.39, 0.29) is 0 Å². The zero-order valence-electron chi connectivity index (χ0n) is 14.9. The Morgan fingerprint density at radius 2 is 1.35 bits per heavy atom. The molecule has 132 valence electrons. The number of hydrogen-bond donors (Lipinski definition) is 1. The fourth-order valence-electron chi connectivity index (χ4n) is 3.98. The summed E-state index contributed by atoms with van der Waals surface area (Å²) in [5, 5.41) is 1.85. The second-order valence-corrected chi connectivity index (χ2v) is 8.65. The molecule has 0 nitrogen and oxygen atoms in total. The van der Waals surface area contributed by atoms with Crippen LogP contribution < -0.4 is 5.30 Å². The van der Waals surface area contributed by atoms with E-state index in [1.807, 2.05) is 0 Å². The number of thiol groups is 1. The molecule has 0 saturated heterocycles. The van der Waals surface area contributed by atoms with Gasteiger partial charge < -0.3 is 0 Å². The number of rotatable bonds is 3. The second kappa shape index (κ2) is 7.99. The smallest absolute Gasteiger partial charge is 0.00172 e. The Kier molecular flexibility index (Phi) is 5.48. The molecule has 0 heterocycles. The summed E-state index contributed by atoms with van der Waals surface area (Å²) in [5.41, 5.74) is 6.60. The van der Waals surface area contributed by atoms with Gasteiger partial charge in [0.25, 0.3) is 0 Å². The van der Waals surface area contributed by atoms with Gasteiger partial charge in [0.05, 0.1) is 0 Å². The summed E-state index contributed by atoms with van der Waals surface area (Å²) in [6.45, 7) is 0. The molecule has 26 heavy (non-hydrogen) atoms. The largest absolute Gasteiger partial charge is 0.176 e. The molecule has 3 aromatic carbocycles. The Balaban J connectivity index is 1.55. The molecule has 0 N–H and O–H groups in total. The summed E-state index contributed by atoms with van der Waals surface area (Å²) in [6, 6.07) is 26.5. The first-order valence-corrected chi connectivity index (χ1v) is 10.5. The van der Waals surface area contributed by atoms with Crippen molar-refractivity contribution < 1.29 is 0 Å². The fraction of sp³-hybridized carbons (Fsp3) is 0.250. The van der Waals surface area contributed by atoms with Gasteiger partial charge in [0.15, 0.2) is 0 Å². The molecule has 1 fully saturated rings. The first-order valence-electron chi connectivity index (χ1n) is 9.44. The Morgan fingerprint density at radius 1 is 0.692 bits per heavy atom. The Morgan fingerprint density at radius 3 is 2.00 bits per heavy atom. The van der Waals surface area contributed by atoms with Crippen molar-refractivity contribution in [2.24, 2.45) is 0 Å². The second-order valence-electron chi connectivity index (χ2n) is 7.30. The average molecular weight is 377 g/mol. The lowest BCUT2D eigenvalue weighted by Crippen LogP contribution is -2.12. The van der Waals surface area contributed by atoms with E-state index in [1.165, 1.54) is 58.8 Å². The van der Waals surface area contributed by atoms with E-state index in [9.17, 15) is 0 Å². The summed E-state index contributed by atoms with van der Waals surface area (Å²) in [6.07, 6.45) is 5.03. The van der Waals surface area contributed by atoms with Gasteiger partial charge in [-0.1, -0.05) is 66.7 Å². The van der Waals surface area contributed by atoms with E-state index < -0.39 is 0 Å². The third kappa shape index (κ3) is 3.90. The van der Waals surface area contributed by atoms with Crippen LogP contribution in [0.2, 0.25) is 0 Å². The van der Waals surface area contributed by atoms with Crippen LogP contribution in [-0.4, -0.2) is 5.25 Å². The highest BCUT2D eigenvalue weighted by atomic mass is 32.1. The summed E-state index contributed by atoms with van der Waals surface area (Å²) in [5.74, 6) is 0.713. The van der Waals surface area contributed by atoms with Gasteiger partial charge in [-0.05, 0) is 70.8 Å². The Bertz CT molecular complexity index is 862. The maximum absolute atomic E-state index is 4.62. The standard InChI is InChI=1S/C24H25PS/c25-24-16-21(12-15-23(24)20-4-2-1-3-5-20)19-8-6-17(7-9-19)18-10-13-22(26)14-11-18/h1-9,12,15-16,18,22,26H,10-11,13-14,25H2. The van der Waals surface area contributed by atoms with E-state index in [4.69, 9.17) is 0 Å². The van der Waals surface area contributed by atoms with Crippen molar-refractivity contribution in [1.82, 2.24) is 0 Å². The van der Waals surface area contributed by atoms with Crippen molar-refractivity contribution in [3.8, 4) is 22.3 Å². The Hall–Kier alpha value is -1.56. The summed E-state index contributed by atoms with van der Waals surface area (Å²) in [7, 11) is 2.89. The van der Waals surface area contributed by atoms with Crippen LogP contribution in [-0.2, 0) is 0 Å². The lowest BCUT2D eigenvalue weighted by Gasteiger charge is -2.26. The average Bonchev–Trinajstić information content (AvgIpc) is 2.69. The predicted octanol–water partition coefficient (Wildman–Crippen LogP) is 6.48. The van der Waals surface area contributed by atoms with Crippen LogP contribution >= 0.6 is 21.9 Å². The van der Waals surface area contributed by atoms with Crippen LogP contribution in [0.25, 0.3) is 22.3 Å². The molecule has 1 saturated carbocycles. The zero-order valence-corrected chi connectivity index (χ0v) is 17.0. The van der Waals surface area contributed by atoms with E-state index >= 15 is 0 Å². The van der Waals surface area contributed by atoms with Crippen molar-refractivity contribution in [2.75, 3.05) is 0 Å². The highest BCUT2D eigenvalue weighted by Crippen LogP contribution is 2.35. The minimum atomic E-state index is 0.606. The summed E-state index contributed by atoms with van der Waals surface area (Å²) in [4.78, 5) is 0. The van der Waals surface area contributed by atoms with Gasteiger partial charge in [0.1, 0.15) is 0 Å². The SMILES string of the molecule is Pc1cc(-c2ccc(C3CCC(S)CC3)cc2)ccc1-c1ccccc1. The molecule has 1 atom stereocenters. The molecule has 0 bridgehead atoms. The van der Waals surface area contributed by atoms with Gasteiger partial charge in [-0.3, -0.25) is 0 Å². The molecule has 0 aliphatic heterocycles. The van der Waals surface area contributed by atoms with Crippen LogP contribution in [0.15, 0.2) is 72.8 Å². The molecule has 1 unspecified atom stereocenters. The molecule has 1 aliphatic carbocycles. The van der Waals surface area contributed by atoms with E-state index in [0.29, 0.717) is 11.2 Å². The highest BCUT2D eigenvalue weighted by Gasteiger charge is 2.20. The molecule has 0 radical (unpaired) electrons. The molecule has 3 aromatic rings. The molecule has 0 aromatic heterocycles. The van der Waals surface area contributed by atoms with Crippen LogP contribution in [0, 0.1) is 0 Å². The topological polar surface area (TPSA) is 0 Å². The molecular formula is C24H25PS. The van der Waals surface area contributed by atoms with Gasteiger partial charge >= 0.3 is 0 Å². The quantitative estimate of drug-likeness (QED) is 0.393. The van der Waals surface area contributed by atoms with Gasteiger partial charge in [0.2, 0.25) is 0 Å². The molecule has 0 amide bonds. The van der Waals surface area contributed by atoms with Gasteiger partial charge in [-0.15, -0.1) is 9.24 Å². The third-order valence-corrected chi connectivity index (χ3v) is 6.54. The van der Waals surface area contributed by atoms with Gasteiger partial charge in [-0.2, -0.15) is 12.6 Å². The normalized spacial score (nSPS) is 20.1. The minimum absolute atomic E-state index is 0.606. The Labute approximate surface area is 164 Å². The third-order valence-electron chi connectivity index (χ3n) is 5.55. The monoisotopic (exact) mass is 376 g/mol. The summed E-state index contributed by atoms with van der Waals surface area (Å²) < 4.78 is 0. The van der Waals surface area contributed by atoms with Gasteiger partial charge in [0, 0.05) is 5.25 Å². The predicted molar refractivity (Wildman–Crippen MR) is 121 cm³/mol. The molecule has 0 spiro atoms. The van der Waals surface area contributed by atoms with E-state index in [0.717, 1.165) is 0 Å². The van der Waals surface area contributed by atoms with Crippen LogP contribution in [0.4, 0.5) is 0 Å². The van der Waals surface area contributed by atoms with Gasteiger partial charge in [-0.25, -0.2) is 0 Å². The lowest BCUT2D eigenvalue weighted by atomic mass is 9.83. The van der Waals surface area contributed by atoms with Crippen LogP contribution in [0.1, 0.15) is 37.2 Å². The lowest BCUT2D eigenvalue weighted by molar-refractivity contribution is 0.455. The maximum atomic E-state index is 4.62. The maximum Gasteiger partial charge on any atom is 0.00172 e. The number of hydrogen-bond acceptors (Lipinski definition) is 1. The fourth-order valence-corrected chi connectivity index (χ4v) is 4.72. The molecule has 1 aliphatic rings. The van der Waals surface area contributed by atoms with Crippen molar-refractivity contribution in [1.29, 1.82) is 0 Å². The zero-order chi connectivity index (χ0) is 17.9. The van der Waals surface area contributed by atoms with Crippen LogP contribution in [0.3, 0.4) is 0 Å².